The fraction of sp³-hybridized carbons (Fsp3) is 0.886. The zero-order valence-electron chi connectivity index (χ0n) is 38.9. The minimum Gasteiger partial charge on any atom is -0.462 e. The van der Waals surface area contributed by atoms with E-state index in [1.54, 1.807) is 20.8 Å². The Morgan fingerprint density at radius 1 is 0.946 bits per heavy atom. The van der Waals surface area contributed by atoms with E-state index >= 15 is 0 Å². The van der Waals surface area contributed by atoms with Gasteiger partial charge in [0.1, 0.15) is 18.5 Å². The van der Waals surface area contributed by atoms with Crippen molar-refractivity contribution in [1.82, 2.24) is 10.2 Å². The van der Waals surface area contributed by atoms with Crippen LogP contribution in [0.4, 0.5) is 0 Å². The van der Waals surface area contributed by atoms with E-state index in [0.29, 0.717) is 18.6 Å². The second-order valence-corrected chi connectivity index (χ2v) is 16.2. The molecule has 332 valence electrons. The summed E-state index contributed by atoms with van der Waals surface area (Å²) in [6.07, 6.45) is 1.46. The Balaban J connectivity index is 0. The van der Waals surface area contributed by atoms with Crippen molar-refractivity contribution in [1.29, 1.82) is 0 Å². The summed E-state index contributed by atoms with van der Waals surface area (Å²) in [5, 5.41) is 13.2. The number of ether oxygens (including phenoxy) is 6. The summed E-state index contributed by atoms with van der Waals surface area (Å²) in [5.41, 5.74) is -1.65. The number of amides is 1. The van der Waals surface area contributed by atoms with Crippen LogP contribution in [0.2, 0.25) is 0 Å². The van der Waals surface area contributed by atoms with E-state index < -0.39 is 59.3 Å². The number of hydrogen-bond acceptors (Lipinski definition) is 11. The van der Waals surface area contributed by atoms with Crippen molar-refractivity contribution in [2.24, 2.45) is 23.7 Å². The molecular weight excluding hydrogens is 716 g/mol. The highest BCUT2D eigenvalue weighted by Crippen LogP contribution is 2.36. The minimum absolute atomic E-state index is 0.00328. The molecule has 0 aromatic carbocycles. The van der Waals surface area contributed by atoms with Gasteiger partial charge in [-0.3, -0.25) is 9.59 Å². The average Bonchev–Trinajstić information content (AvgIpc) is 3.15. The molecule has 12 heteroatoms. The van der Waals surface area contributed by atoms with Crippen LogP contribution in [0.5, 0.6) is 0 Å². The molecule has 2 N–H and O–H groups in total. The van der Waals surface area contributed by atoms with Gasteiger partial charge in [-0.05, 0) is 94.7 Å². The third-order valence-corrected chi connectivity index (χ3v) is 9.69. The normalized spacial score (nSPS) is 26.1. The Hall–Kier alpha value is -1.93. The largest absolute Gasteiger partial charge is 0.462 e. The molecule has 2 saturated heterocycles. The quantitative estimate of drug-likeness (QED) is 0.0551. The van der Waals surface area contributed by atoms with Crippen LogP contribution in [0, 0.1) is 23.7 Å². The van der Waals surface area contributed by atoms with Crippen molar-refractivity contribution < 1.29 is 47.9 Å². The number of carbonyl (C=O) groups excluding carboxylic acids is 3. The topological polar surface area (TPSA) is 142 Å². The van der Waals surface area contributed by atoms with E-state index in [1.165, 1.54) is 6.92 Å². The van der Waals surface area contributed by atoms with Gasteiger partial charge in [0.2, 0.25) is 5.91 Å². The maximum Gasteiger partial charge on any atom is 0.311 e. The molecule has 0 saturated carbocycles. The SMILES string of the molecule is C=C(C)CO[C@](C)(CNC(=O)C(C)C=O)[C@H](OC1CC(N(C)C)CC(C)O1)[C@@H](C)[C@H](OC[C@H]1CC(C)CC(C)O1)C(C)C(=O)OCC(C)(C)O.CC.CC.CC. The van der Waals surface area contributed by atoms with E-state index in [4.69, 9.17) is 28.4 Å². The van der Waals surface area contributed by atoms with Crippen LogP contribution in [0.15, 0.2) is 12.2 Å². The van der Waals surface area contributed by atoms with Crippen molar-refractivity contribution >= 4 is 18.2 Å². The second-order valence-electron chi connectivity index (χ2n) is 16.2. The zero-order chi connectivity index (χ0) is 44.0. The van der Waals surface area contributed by atoms with Crippen LogP contribution < -0.4 is 5.32 Å². The Morgan fingerprint density at radius 2 is 1.52 bits per heavy atom. The summed E-state index contributed by atoms with van der Waals surface area (Å²) >= 11 is 0. The number of nitrogens with one attached hydrogen (secondary N) is 1. The molecule has 0 bridgehead atoms. The maximum absolute atomic E-state index is 13.6. The third kappa shape index (κ3) is 20.7. The van der Waals surface area contributed by atoms with Gasteiger partial charge < -0.3 is 48.5 Å². The van der Waals surface area contributed by atoms with E-state index in [1.807, 2.05) is 83.3 Å². The van der Waals surface area contributed by atoms with E-state index in [-0.39, 0.29) is 50.7 Å². The lowest BCUT2D eigenvalue weighted by molar-refractivity contribution is -0.272. The van der Waals surface area contributed by atoms with Crippen LogP contribution in [-0.2, 0) is 42.8 Å². The summed E-state index contributed by atoms with van der Waals surface area (Å²) in [7, 11) is 4.06. The fourth-order valence-corrected chi connectivity index (χ4v) is 6.89. The van der Waals surface area contributed by atoms with Gasteiger partial charge in [-0.1, -0.05) is 67.5 Å². The second kappa shape index (κ2) is 28.5. The van der Waals surface area contributed by atoms with Crippen LogP contribution in [0.3, 0.4) is 0 Å². The lowest BCUT2D eigenvalue weighted by Crippen LogP contribution is -2.60. The van der Waals surface area contributed by atoms with Crippen LogP contribution in [0.1, 0.15) is 136 Å². The lowest BCUT2D eigenvalue weighted by atomic mass is 9.81. The highest BCUT2D eigenvalue weighted by molar-refractivity contribution is 5.91. The predicted octanol–water partition coefficient (Wildman–Crippen LogP) is 7.38. The maximum atomic E-state index is 13.6. The van der Waals surface area contributed by atoms with Crippen molar-refractivity contribution in [3.63, 3.8) is 0 Å². The first-order valence-electron chi connectivity index (χ1n) is 21.3. The molecule has 0 aromatic heterocycles. The van der Waals surface area contributed by atoms with Crippen LogP contribution in [-0.4, -0.2) is 123 Å². The molecule has 2 aliphatic heterocycles. The van der Waals surface area contributed by atoms with Crippen LogP contribution >= 0.6 is 0 Å². The van der Waals surface area contributed by atoms with Gasteiger partial charge in [0.05, 0.1) is 61.2 Å². The van der Waals surface area contributed by atoms with Crippen molar-refractivity contribution in [3.05, 3.63) is 12.2 Å². The summed E-state index contributed by atoms with van der Waals surface area (Å²) in [5.74, 6) is -2.69. The summed E-state index contributed by atoms with van der Waals surface area (Å²) < 4.78 is 38.4. The number of hydrogen-bond donors (Lipinski definition) is 2. The number of rotatable bonds is 20. The molecule has 2 rings (SSSR count). The Labute approximate surface area is 342 Å². The Kier molecular flexibility index (Phi) is 28.6. The van der Waals surface area contributed by atoms with Gasteiger partial charge in [-0.2, -0.15) is 0 Å². The van der Waals surface area contributed by atoms with Crippen molar-refractivity contribution in [2.45, 2.75) is 191 Å². The Bertz CT molecular complexity index is 1090. The van der Waals surface area contributed by atoms with Gasteiger partial charge in [0.25, 0.3) is 0 Å². The molecule has 7 unspecified atom stereocenters. The third-order valence-electron chi connectivity index (χ3n) is 9.69. The number of nitrogens with zero attached hydrogens (tertiary/aromatic N) is 1. The number of carbonyl (C=O) groups is 3. The molecule has 2 heterocycles. The van der Waals surface area contributed by atoms with Gasteiger partial charge in [0, 0.05) is 24.9 Å². The Morgan fingerprint density at radius 3 is 2.02 bits per heavy atom. The first-order valence-corrected chi connectivity index (χ1v) is 21.3. The molecule has 2 fully saturated rings. The van der Waals surface area contributed by atoms with Gasteiger partial charge >= 0.3 is 5.97 Å². The molecule has 0 spiro atoms. The molecule has 12 nitrogen and oxygen atoms in total. The highest BCUT2D eigenvalue weighted by Gasteiger charge is 2.48. The minimum atomic E-state index is -1.21. The molecule has 56 heavy (non-hydrogen) atoms. The predicted molar refractivity (Wildman–Crippen MR) is 225 cm³/mol. The molecule has 0 aromatic rings. The smallest absolute Gasteiger partial charge is 0.311 e. The van der Waals surface area contributed by atoms with Gasteiger partial charge in [-0.25, -0.2) is 0 Å². The van der Waals surface area contributed by atoms with E-state index in [9.17, 15) is 19.5 Å². The van der Waals surface area contributed by atoms with Crippen molar-refractivity contribution in [2.75, 3.05) is 40.5 Å². The summed E-state index contributed by atoms with van der Waals surface area (Å²) in [4.78, 5) is 40.1. The summed E-state index contributed by atoms with van der Waals surface area (Å²) in [6.45, 7) is 34.6. The monoisotopic (exact) mass is 803 g/mol. The van der Waals surface area contributed by atoms with Crippen LogP contribution in [0.25, 0.3) is 0 Å². The molecule has 2 aliphatic rings. The number of aldehydes is 1. The molecule has 0 aliphatic carbocycles. The van der Waals surface area contributed by atoms with E-state index in [0.717, 1.165) is 24.8 Å². The molecular formula is C44H86N2O10. The summed E-state index contributed by atoms with van der Waals surface area (Å²) in [6, 6.07) is 0.200. The van der Waals surface area contributed by atoms with E-state index in [2.05, 4.69) is 30.6 Å². The number of esters is 1. The standard InChI is InChI=1S/C38H68N2O10.3C2H6/c1-23(2)19-47-38(11,21-39-35(42)25(4)18-41)34(50-32-17-30(40(12)13)16-27(6)49-32)28(7)33(29(8)36(43)46-22-37(9,10)44)45-20-31-15-24(3)14-26(5)48-31;3*1-2/h18,24-34,44H,1,14-17,19-22H2,2-13H3,(H,39,42);3*1-2H3/t24?,25?,26?,27?,28-,29?,30?,31+,32?,33-,34+,38+;;;/m0.../s1. The first kappa shape index (κ1) is 56.2. The highest BCUT2D eigenvalue weighted by atomic mass is 16.7. The molecule has 1 amide bonds. The first-order chi connectivity index (χ1) is 26.1. The van der Waals surface area contributed by atoms with Gasteiger partial charge in [0.15, 0.2) is 6.29 Å². The average molecular weight is 803 g/mol. The number of aliphatic hydroxyl groups is 1. The lowest BCUT2D eigenvalue weighted by Gasteiger charge is -2.47. The molecule has 12 atom stereocenters. The van der Waals surface area contributed by atoms with Crippen molar-refractivity contribution in [3.8, 4) is 0 Å². The van der Waals surface area contributed by atoms with Gasteiger partial charge in [-0.15, -0.1) is 0 Å². The zero-order valence-corrected chi connectivity index (χ0v) is 38.9. The fourth-order valence-electron chi connectivity index (χ4n) is 6.89. The molecule has 0 radical (unpaired) electrons.